The smallest absolute Gasteiger partial charge is 0.137 e. The van der Waals surface area contributed by atoms with Gasteiger partial charge in [-0.2, -0.15) is 0 Å². The van der Waals surface area contributed by atoms with Gasteiger partial charge in [-0.25, -0.2) is 4.39 Å². The van der Waals surface area contributed by atoms with Gasteiger partial charge in [-0.15, -0.1) is 0 Å². The third kappa shape index (κ3) is 5.25. The summed E-state index contributed by atoms with van der Waals surface area (Å²) in [4.78, 5) is 0. The van der Waals surface area contributed by atoms with Gasteiger partial charge in [0.2, 0.25) is 0 Å². The molecule has 4 nitrogen and oxygen atoms in total. The number of halogens is 3. The summed E-state index contributed by atoms with van der Waals surface area (Å²) < 4.78 is 19.0. The first-order valence-electron chi connectivity index (χ1n) is 7.08. The Morgan fingerprint density at radius 3 is 2.70 bits per heavy atom. The molecule has 2 rings (SSSR count). The molecule has 0 amide bonds. The number of nitrogen functional groups attached to an aromatic ring is 1. The maximum Gasteiger partial charge on any atom is 0.137 e. The van der Waals surface area contributed by atoms with Crippen molar-refractivity contribution in [3.8, 4) is 5.75 Å². The Morgan fingerprint density at radius 1 is 1.22 bits per heavy atom. The molecule has 0 bridgehead atoms. The lowest BCUT2D eigenvalue weighted by Crippen LogP contribution is -2.85. The van der Waals surface area contributed by atoms with E-state index in [1.54, 1.807) is 35.6 Å². The summed E-state index contributed by atoms with van der Waals surface area (Å²) in [7, 11) is 0. The van der Waals surface area contributed by atoms with E-state index in [0.717, 1.165) is 0 Å². The van der Waals surface area contributed by atoms with Gasteiger partial charge in [0, 0.05) is 11.8 Å². The summed E-state index contributed by atoms with van der Waals surface area (Å²) in [6.07, 6.45) is -0.711. The molecule has 2 aromatic rings. The minimum atomic E-state index is -0.711. The number of anilines is 1. The van der Waals surface area contributed by atoms with Crippen molar-refractivity contribution in [2.75, 3.05) is 18.9 Å². The van der Waals surface area contributed by atoms with Gasteiger partial charge in [-0.3, -0.25) is 0 Å². The third-order valence-electron chi connectivity index (χ3n) is 3.28. The van der Waals surface area contributed by atoms with Crippen molar-refractivity contribution in [1.29, 1.82) is 0 Å². The van der Waals surface area contributed by atoms with Crippen LogP contribution in [0, 0.1) is 5.82 Å². The quantitative estimate of drug-likeness (QED) is 0.663. The summed E-state index contributed by atoms with van der Waals surface area (Å²) in [5.74, 6) is 0.180. The molecule has 23 heavy (non-hydrogen) atoms. The van der Waals surface area contributed by atoms with Crippen LogP contribution in [0.15, 0.2) is 36.4 Å². The molecular formula is C16H18Cl2FN2O2+. The number of hydrogen-bond donors (Lipinski definition) is 3. The summed E-state index contributed by atoms with van der Waals surface area (Å²) >= 11 is 11.7. The van der Waals surface area contributed by atoms with Crippen LogP contribution in [-0.4, -0.2) is 24.4 Å². The standard InChI is InChI=1S/C16H17Cl2FN2O2/c17-13-5-4-11(6-14(13)18)23-9-10(22)7-21-8-12-15(19)2-1-3-16(12)20/h1-6,10,21-22H,7-9,20H2/p+1/t10-/m1/s1. The fourth-order valence-electron chi connectivity index (χ4n) is 2.04. The molecule has 5 N–H and O–H groups in total. The Kier molecular flexibility index (Phi) is 6.47. The van der Waals surface area contributed by atoms with Gasteiger partial charge in [-0.1, -0.05) is 29.3 Å². The van der Waals surface area contributed by atoms with Gasteiger partial charge in [0.05, 0.1) is 15.6 Å². The van der Waals surface area contributed by atoms with Crippen molar-refractivity contribution < 1.29 is 19.6 Å². The Morgan fingerprint density at radius 2 is 2.00 bits per heavy atom. The Labute approximate surface area is 144 Å². The Balaban J connectivity index is 1.77. The average Bonchev–Trinajstić information content (AvgIpc) is 2.51. The van der Waals surface area contributed by atoms with Crippen molar-refractivity contribution in [3.05, 3.63) is 57.8 Å². The highest BCUT2D eigenvalue weighted by atomic mass is 35.5. The number of nitrogens with two attached hydrogens (primary N) is 2. The maximum absolute atomic E-state index is 13.6. The topological polar surface area (TPSA) is 72.1 Å². The Hall–Kier alpha value is -1.53. The third-order valence-corrected chi connectivity index (χ3v) is 4.01. The second-order valence-electron chi connectivity index (χ2n) is 5.08. The number of hydrogen-bond acceptors (Lipinski definition) is 3. The van der Waals surface area contributed by atoms with E-state index >= 15 is 0 Å². The van der Waals surface area contributed by atoms with E-state index in [-0.39, 0.29) is 12.4 Å². The molecule has 2 aromatic carbocycles. The number of aliphatic hydroxyl groups excluding tert-OH is 1. The molecule has 0 fully saturated rings. The zero-order chi connectivity index (χ0) is 16.8. The van der Waals surface area contributed by atoms with Gasteiger partial charge in [0.1, 0.15) is 37.4 Å². The second kappa shape index (κ2) is 8.36. The van der Waals surface area contributed by atoms with Gasteiger partial charge in [0.25, 0.3) is 0 Å². The lowest BCUT2D eigenvalue weighted by Gasteiger charge is -2.12. The highest BCUT2D eigenvalue weighted by Gasteiger charge is 2.11. The molecule has 7 heteroatoms. The van der Waals surface area contributed by atoms with Gasteiger partial charge >= 0.3 is 0 Å². The average molecular weight is 360 g/mol. The number of quaternary nitrogens is 1. The van der Waals surface area contributed by atoms with E-state index < -0.39 is 6.10 Å². The lowest BCUT2D eigenvalue weighted by atomic mass is 10.1. The van der Waals surface area contributed by atoms with Crippen molar-refractivity contribution >= 4 is 28.9 Å². The van der Waals surface area contributed by atoms with Crippen LogP contribution in [0.4, 0.5) is 10.1 Å². The predicted octanol–water partition coefficient (Wildman–Crippen LogP) is 2.22. The second-order valence-corrected chi connectivity index (χ2v) is 5.89. The number of rotatable bonds is 7. The largest absolute Gasteiger partial charge is 0.491 e. The molecule has 124 valence electrons. The molecule has 0 heterocycles. The van der Waals surface area contributed by atoms with E-state index in [9.17, 15) is 9.50 Å². The van der Waals surface area contributed by atoms with Gasteiger partial charge < -0.3 is 20.9 Å². The van der Waals surface area contributed by atoms with E-state index in [4.69, 9.17) is 33.7 Å². The molecule has 0 unspecified atom stereocenters. The fourth-order valence-corrected chi connectivity index (χ4v) is 2.33. The van der Waals surface area contributed by atoms with Gasteiger partial charge in [-0.05, 0) is 24.3 Å². The van der Waals surface area contributed by atoms with Crippen molar-refractivity contribution in [2.24, 2.45) is 0 Å². The first-order valence-corrected chi connectivity index (χ1v) is 7.83. The summed E-state index contributed by atoms with van der Waals surface area (Å²) in [5, 5.41) is 12.5. The fraction of sp³-hybridized carbons (Fsp3) is 0.250. The minimum Gasteiger partial charge on any atom is -0.491 e. The molecule has 0 spiro atoms. The molecule has 0 aromatic heterocycles. The van der Waals surface area contributed by atoms with E-state index in [1.165, 1.54) is 6.07 Å². The molecule has 0 aliphatic rings. The molecule has 0 aliphatic carbocycles. The number of ether oxygens (including phenoxy) is 1. The SMILES string of the molecule is Nc1cccc(F)c1C[NH2+]C[C@@H](O)COc1ccc(Cl)c(Cl)c1. The molecule has 0 aliphatic heterocycles. The van der Waals surface area contributed by atoms with Crippen LogP contribution in [-0.2, 0) is 6.54 Å². The first-order chi connectivity index (χ1) is 11.0. The predicted molar refractivity (Wildman–Crippen MR) is 89.3 cm³/mol. The summed E-state index contributed by atoms with van der Waals surface area (Å²) in [6.45, 7) is 0.804. The number of aliphatic hydroxyl groups is 1. The summed E-state index contributed by atoms with van der Waals surface area (Å²) in [5.41, 5.74) is 6.57. The van der Waals surface area contributed by atoms with Crippen molar-refractivity contribution in [2.45, 2.75) is 12.6 Å². The van der Waals surface area contributed by atoms with Gasteiger partial charge in [0.15, 0.2) is 0 Å². The first kappa shape index (κ1) is 17.8. The molecular weight excluding hydrogens is 342 g/mol. The Bertz CT molecular complexity index is 650. The highest BCUT2D eigenvalue weighted by Crippen LogP contribution is 2.26. The monoisotopic (exact) mass is 359 g/mol. The zero-order valence-corrected chi connectivity index (χ0v) is 13.8. The zero-order valence-electron chi connectivity index (χ0n) is 12.3. The highest BCUT2D eigenvalue weighted by molar-refractivity contribution is 6.42. The van der Waals surface area contributed by atoms with Crippen molar-refractivity contribution in [3.63, 3.8) is 0 Å². The normalized spacial score (nSPS) is 12.2. The van der Waals surface area contributed by atoms with E-state index in [1.807, 2.05) is 0 Å². The van der Waals surface area contributed by atoms with Crippen LogP contribution in [0.1, 0.15) is 5.56 Å². The molecule has 1 atom stereocenters. The van der Waals surface area contributed by atoms with Crippen LogP contribution in [0.2, 0.25) is 10.0 Å². The molecule has 0 radical (unpaired) electrons. The lowest BCUT2D eigenvalue weighted by molar-refractivity contribution is -0.676. The van der Waals surface area contributed by atoms with Crippen LogP contribution in [0.25, 0.3) is 0 Å². The number of benzene rings is 2. The summed E-state index contributed by atoms with van der Waals surface area (Å²) in [6, 6.07) is 9.46. The van der Waals surface area contributed by atoms with Crippen molar-refractivity contribution in [1.82, 2.24) is 0 Å². The van der Waals surface area contributed by atoms with Crippen LogP contribution in [0.3, 0.4) is 0 Å². The molecule has 0 saturated heterocycles. The van der Waals surface area contributed by atoms with E-state index in [0.29, 0.717) is 40.1 Å². The van der Waals surface area contributed by atoms with Crippen LogP contribution >= 0.6 is 23.2 Å². The maximum atomic E-state index is 13.6. The van der Waals surface area contributed by atoms with E-state index in [2.05, 4.69) is 0 Å². The van der Waals surface area contributed by atoms with Crippen LogP contribution in [0.5, 0.6) is 5.75 Å². The minimum absolute atomic E-state index is 0.0984. The molecule has 0 saturated carbocycles. The van der Waals surface area contributed by atoms with Crippen LogP contribution < -0.4 is 15.8 Å².